The minimum Gasteiger partial charge on any atom is -0.331 e. The third-order valence-corrected chi connectivity index (χ3v) is 8.63. The van der Waals surface area contributed by atoms with E-state index in [1.165, 1.54) is 11.3 Å². The second-order valence-corrected chi connectivity index (χ2v) is 10.8. The number of carbonyl (C=O) groups excluding carboxylic acids is 1. The van der Waals surface area contributed by atoms with Gasteiger partial charge in [0, 0.05) is 52.9 Å². The van der Waals surface area contributed by atoms with E-state index in [9.17, 15) is 4.79 Å². The maximum atomic E-state index is 14.1. The summed E-state index contributed by atoms with van der Waals surface area (Å²) in [6, 6.07) is 16.7. The van der Waals surface area contributed by atoms with Gasteiger partial charge in [0.1, 0.15) is 4.88 Å². The molecule has 1 aliphatic rings. The van der Waals surface area contributed by atoms with Gasteiger partial charge in [-0.25, -0.2) is 0 Å². The molecule has 1 fully saturated rings. The fourth-order valence-electron chi connectivity index (χ4n) is 5.04. The molecule has 36 heavy (non-hydrogen) atoms. The van der Waals surface area contributed by atoms with E-state index in [0.29, 0.717) is 22.5 Å². The number of hydrogen-bond donors (Lipinski definition) is 1. The first-order valence-corrected chi connectivity index (χ1v) is 13.9. The van der Waals surface area contributed by atoms with Gasteiger partial charge in [-0.05, 0) is 74.5 Å². The Bertz CT molecular complexity index is 1320. The van der Waals surface area contributed by atoms with Crippen LogP contribution in [0.15, 0.2) is 67.1 Å². The number of halogens is 1. The molecule has 0 bridgehead atoms. The van der Waals surface area contributed by atoms with E-state index in [1.807, 2.05) is 48.7 Å². The third kappa shape index (κ3) is 5.46. The quantitative estimate of drug-likeness (QED) is 0.274. The average Bonchev–Trinajstić information content (AvgIpc) is 3.27. The van der Waals surface area contributed by atoms with Gasteiger partial charge in [-0.15, -0.1) is 11.3 Å². The minimum absolute atomic E-state index is 0.0217. The van der Waals surface area contributed by atoms with Crippen molar-refractivity contribution in [3.05, 3.63) is 82.6 Å². The summed E-state index contributed by atoms with van der Waals surface area (Å²) < 4.78 is 1.04. The Kier molecular flexibility index (Phi) is 7.95. The molecule has 1 N–H and O–H groups in total. The summed E-state index contributed by atoms with van der Waals surface area (Å²) in [6.07, 6.45) is 10.6. The first-order chi connectivity index (χ1) is 17.6. The summed E-state index contributed by atoms with van der Waals surface area (Å²) in [5.41, 5.74) is 2.96. The highest BCUT2D eigenvalue weighted by Gasteiger charge is 2.31. The monoisotopic (exact) mass is 518 g/mol. The average molecular weight is 519 g/mol. The van der Waals surface area contributed by atoms with Gasteiger partial charge in [-0.1, -0.05) is 36.7 Å². The summed E-state index contributed by atoms with van der Waals surface area (Å²) in [6.45, 7) is 3.77. The van der Waals surface area contributed by atoms with Gasteiger partial charge in [-0.2, -0.15) is 0 Å². The highest BCUT2D eigenvalue weighted by molar-refractivity contribution is 7.21. The van der Waals surface area contributed by atoms with Crippen LogP contribution in [0.5, 0.6) is 0 Å². The van der Waals surface area contributed by atoms with E-state index in [4.69, 9.17) is 11.6 Å². The standard InChI is InChI=1S/C29H31ClN4OS/c1-2-14-32-22-7-9-23(10-8-22)34(29(35)28-27(30)24-5-3-4-6-26(24)36-28)19-20-11-17-33-25(18-20)21-12-15-31-16-13-21/h3-6,11-13,15-18,22-23,32H,2,7-10,14,19H2,1H3. The zero-order valence-electron chi connectivity index (χ0n) is 20.5. The van der Waals surface area contributed by atoms with E-state index >= 15 is 0 Å². The SMILES string of the molecule is CCCNC1CCC(N(Cc2ccnc(-c3ccncc3)c2)C(=O)c2sc3ccccc3c2Cl)CC1. The lowest BCUT2D eigenvalue weighted by Gasteiger charge is -2.37. The van der Waals surface area contributed by atoms with Crippen molar-refractivity contribution >= 4 is 38.9 Å². The molecule has 5 nitrogen and oxygen atoms in total. The van der Waals surface area contributed by atoms with Gasteiger partial charge < -0.3 is 10.2 Å². The van der Waals surface area contributed by atoms with E-state index in [0.717, 1.165) is 65.6 Å². The first-order valence-electron chi connectivity index (χ1n) is 12.7. The Balaban J connectivity index is 1.43. The molecule has 3 aromatic heterocycles. The Morgan fingerprint density at radius 3 is 2.61 bits per heavy atom. The Morgan fingerprint density at radius 1 is 1.08 bits per heavy atom. The highest BCUT2D eigenvalue weighted by Crippen LogP contribution is 2.37. The van der Waals surface area contributed by atoms with Gasteiger partial charge in [0.15, 0.2) is 0 Å². The lowest BCUT2D eigenvalue weighted by Crippen LogP contribution is -2.45. The number of amides is 1. The fraction of sp³-hybridized carbons (Fsp3) is 0.345. The third-order valence-electron chi connectivity index (χ3n) is 6.96. The predicted molar refractivity (Wildman–Crippen MR) is 149 cm³/mol. The van der Waals surface area contributed by atoms with E-state index in [-0.39, 0.29) is 11.9 Å². The number of rotatable bonds is 8. The molecule has 0 atom stereocenters. The van der Waals surface area contributed by atoms with Crippen molar-refractivity contribution in [1.29, 1.82) is 0 Å². The topological polar surface area (TPSA) is 58.1 Å². The molecule has 3 heterocycles. The number of benzene rings is 1. The number of carbonyl (C=O) groups is 1. The van der Waals surface area contributed by atoms with Crippen LogP contribution in [0.1, 0.15) is 54.3 Å². The van der Waals surface area contributed by atoms with E-state index in [1.54, 1.807) is 12.4 Å². The number of nitrogens with one attached hydrogen (secondary N) is 1. The fourth-order valence-corrected chi connectivity index (χ4v) is 6.51. The molecule has 186 valence electrons. The summed E-state index contributed by atoms with van der Waals surface area (Å²) in [5, 5.41) is 5.17. The first kappa shape index (κ1) is 24.9. The zero-order valence-corrected chi connectivity index (χ0v) is 22.1. The van der Waals surface area contributed by atoms with Gasteiger partial charge in [0.05, 0.1) is 10.7 Å². The highest BCUT2D eigenvalue weighted by atomic mass is 35.5. The van der Waals surface area contributed by atoms with Gasteiger partial charge >= 0.3 is 0 Å². The second-order valence-electron chi connectivity index (χ2n) is 9.42. The Hall–Kier alpha value is -2.80. The lowest BCUT2D eigenvalue weighted by molar-refractivity contribution is 0.0605. The van der Waals surface area contributed by atoms with Crippen molar-refractivity contribution in [2.24, 2.45) is 0 Å². The molecule has 5 rings (SSSR count). The van der Waals surface area contributed by atoms with Crippen LogP contribution in [0.25, 0.3) is 21.3 Å². The zero-order chi connectivity index (χ0) is 24.9. The molecule has 1 amide bonds. The number of hydrogen-bond acceptors (Lipinski definition) is 5. The molecular weight excluding hydrogens is 488 g/mol. The van der Waals surface area contributed by atoms with E-state index in [2.05, 4.69) is 33.2 Å². The van der Waals surface area contributed by atoms with Gasteiger partial charge in [-0.3, -0.25) is 14.8 Å². The molecule has 1 aliphatic carbocycles. The summed E-state index contributed by atoms with van der Waals surface area (Å²) in [4.78, 5) is 25.4. The van der Waals surface area contributed by atoms with Crippen LogP contribution in [-0.4, -0.2) is 39.4 Å². The van der Waals surface area contributed by atoms with Crippen LogP contribution in [0.4, 0.5) is 0 Å². The normalized spacial score (nSPS) is 17.8. The van der Waals surface area contributed by atoms with Crippen molar-refractivity contribution in [3.8, 4) is 11.3 Å². The van der Waals surface area contributed by atoms with Crippen LogP contribution < -0.4 is 5.32 Å². The molecule has 1 saturated carbocycles. The molecule has 0 aliphatic heterocycles. The van der Waals surface area contributed by atoms with Crippen LogP contribution >= 0.6 is 22.9 Å². The number of thiophene rings is 1. The van der Waals surface area contributed by atoms with Crippen molar-refractivity contribution in [2.75, 3.05) is 6.54 Å². The van der Waals surface area contributed by atoms with Crippen LogP contribution in [0.2, 0.25) is 5.02 Å². The predicted octanol–water partition coefficient (Wildman–Crippen LogP) is 6.96. The summed E-state index contributed by atoms with van der Waals surface area (Å²) >= 11 is 8.25. The van der Waals surface area contributed by atoms with Crippen LogP contribution in [0, 0.1) is 0 Å². The molecule has 7 heteroatoms. The molecule has 4 aromatic rings. The van der Waals surface area contributed by atoms with Crippen molar-refractivity contribution in [1.82, 2.24) is 20.2 Å². The molecule has 0 radical (unpaired) electrons. The largest absolute Gasteiger partial charge is 0.331 e. The second kappa shape index (κ2) is 11.5. The van der Waals surface area contributed by atoms with Crippen molar-refractivity contribution in [3.63, 3.8) is 0 Å². The number of aromatic nitrogens is 2. The Labute approximate surface area is 221 Å². The van der Waals surface area contributed by atoms with Crippen LogP contribution in [-0.2, 0) is 6.54 Å². The number of nitrogens with zero attached hydrogens (tertiary/aromatic N) is 3. The number of pyridine rings is 2. The minimum atomic E-state index is 0.0217. The Morgan fingerprint density at radius 2 is 1.86 bits per heavy atom. The number of fused-ring (bicyclic) bond motifs is 1. The molecule has 0 spiro atoms. The molecule has 1 aromatic carbocycles. The van der Waals surface area contributed by atoms with Gasteiger partial charge in [0.2, 0.25) is 0 Å². The molecule has 0 unspecified atom stereocenters. The van der Waals surface area contributed by atoms with E-state index < -0.39 is 0 Å². The van der Waals surface area contributed by atoms with Crippen molar-refractivity contribution in [2.45, 2.75) is 57.7 Å². The lowest BCUT2D eigenvalue weighted by atomic mass is 9.89. The summed E-state index contributed by atoms with van der Waals surface area (Å²) in [5.74, 6) is 0.0217. The molecular formula is C29H31ClN4OS. The molecule has 0 saturated heterocycles. The maximum Gasteiger partial charge on any atom is 0.266 e. The maximum absolute atomic E-state index is 14.1. The van der Waals surface area contributed by atoms with Crippen LogP contribution in [0.3, 0.4) is 0 Å². The van der Waals surface area contributed by atoms with Gasteiger partial charge in [0.25, 0.3) is 5.91 Å². The smallest absolute Gasteiger partial charge is 0.266 e. The summed E-state index contributed by atoms with van der Waals surface area (Å²) in [7, 11) is 0. The van der Waals surface area contributed by atoms with Crippen molar-refractivity contribution < 1.29 is 4.79 Å².